The quantitative estimate of drug-likeness (QED) is 0.156. The van der Waals surface area contributed by atoms with Gasteiger partial charge in [0.05, 0.1) is 18.0 Å². The van der Waals surface area contributed by atoms with E-state index in [0.29, 0.717) is 32.9 Å². The van der Waals surface area contributed by atoms with Crippen LogP contribution in [0.25, 0.3) is 0 Å². The van der Waals surface area contributed by atoms with Crippen molar-refractivity contribution in [2.24, 2.45) is 5.92 Å². The molecule has 1 aliphatic heterocycles. The van der Waals surface area contributed by atoms with Crippen LogP contribution < -0.4 is 26.7 Å². The number of nitrogens with zero attached hydrogens (tertiary/aromatic N) is 3. The van der Waals surface area contributed by atoms with Crippen LogP contribution in [0, 0.1) is 5.92 Å². The largest absolute Gasteiger partial charge is 0.394 e. The molecule has 4 rings (SSSR count). The number of carbonyl (C=O) groups is 1. The number of nitrogens with one attached hydrogen (secondary N) is 3. The average Bonchev–Trinajstić information content (AvgIpc) is 3.28. The van der Waals surface area contributed by atoms with Crippen LogP contribution >= 0.6 is 11.3 Å². The van der Waals surface area contributed by atoms with Crippen molar-refractivity contribution in [3.05, 3.63) is 52.9 Å². The second-order valence-electron chi connectivity index (χ2n) is 10.1. The minimum atomic E-state index is -0.289. The summed E-state index contributed by atoms with van der Waals surface area (Å²) in [5, 5.41) is 26.4. The first-order valence-electron chi connectivity index (χ1n) is 12.8. The van der Waals surface area contributed by atoms with Crippen molar-refractivity contribution in [1.82, 2.24) is 9.88 Å². The van der Waals surface area contributed by atoms with Crippen molar-refractivity contribution in [1.29, 1.82) is 0 Å². The van der Waals surface area contributed by atoms with Gasteiger partial charge in [0.2, 0.25) is 5.78 Å². The molecule has 38 heavy (non-hydrogen) atoms. The summed E-state index contributed by atoms with van der Waals surface area (Å²) in [5.74, 6) is 0.245. The SMILES string of the molecule is CC(C)C[C@H](CO)Nc1ccc(C(=O)c2sc(Nc3ccc(N4CCN(C)CC4)cc3)nc2N)cc1NO. The van der Waals surface area contributed by atoms with E-state index >= 15 is 0 Å². The van der Waals surface area contributed by atoms with Gasteiger partial charge in [-0.05, 0) is 61.9 Å². The van der Waals surface area contributed by atoms with Gasteiger partial charge in [-0.3, -0.25) is 15.5 Å². The van der Waals surface area contributed by atoms with E-state index in [9.17, 15) is 15.1 Å². The number of likely N-dealkylation sites (N-methyl/N-ethyl adjacent to an activating group) is 1. The van der Waals surface area contributed by atoms with Gasteiger partial charge in [-0.2, -0.15) is 0 Å². The summed E-state index contributed by atoms with van der Waals surface area (Å²) in [6, 6.07) is 12.9. The number of aromatic nitrogens is 1. The number of nitrogen functional groups attached to an aromatic ring is 1. The number of hydrogen-bond acceptors (Lipinski definition) is 11. The predicted molar refractivity (Wildman–Crippen MR) is 155 cm³/mol. The maximum atomic E-state index is 13.3. The molecule has 0 unspecified atom stereocenters. The Balaban J connectivity index is 1.45. The van der Waals surface area contributed by atoms with Gasteiger partial charge in [-0.1, -0.05) is 25.2 Å². The lowest BCUT2D eigenvalue weighted by molar-refractivity contribution is 0.104. The second kappa shape index (κ2) is 12.4. The van der Waals surface area contributed by atoms with Crippen LogP contribution in [0.4, 0.5) is 33.7 Å². The molecular weight excluding hydrogens is 502 g/mol. The molecule has 1 atom stereocenters. The Kier molecular flexibility index (Phi) is 9.05. The number of rotatable bonds is 11. The topological polar surface area (TPSA) is 139 Å². The number of aliphatic hydroxyl groups is 1. The first kappa shape index (κ1) is 27.6. The van der Waals surface area contributed by atoms with Crippen molar-refractivity contribution >= 4 is 50.8 Å². The summed E-state index contributed by atoms with van der Waals surface area (Å²) < 4.78 is 0. The third kappa shape index (κ3) is 6.73. The lowest BCUT2D eigenvalue weighted by Gasteiger charge is -2.34. The van der Waals surface area contributed by atoms with Gasteiger partial charge >= 0.3 is 0 Å². The van der Waals surface area contributed by atoms with Crippen LogP contribution in [-0.2, 0) is 0 Å². The number of thiazole rings is 1. The molecule has 0 radical (unpaired) electrons. The Bertz CT molecular complexity index is 1220. The van der Waals surface area contributed by atoms with Gasteiger partial charge in [0.1, 0.15) is 10.7 Å². The molecule has 1 fully saturated rings. The van der Waals surface area contributed by atoms with Crippen LogP contribution in [0.5, 0.6) is 0 Å². The number of carbonyl (C=O) groups excluding carboxylic acids is 1. The molecule has 1 saturated heterocycles. The van der Waals surface area contributed by atoms with Crippen molar-refractivity contribution in [3.8, 4) is 0 Å². The van der Waals surface area contributed by atoms with E-state index in [0.717, 1.165) is 38.3 Å². The molecule has 0 amide bonds. The van der Waals surface area contributed by atoms with Crippen molar-refractivity contribution < 1.29 is 15.1 Å². The Morgan fingerprint density at radius 2 is 1.82 bits per heavy atom. The number of piperazine rings is 1. The first-order chi connectivity index (χ1) is 18.3. The maximum absolute atomic E-state index is 13.3. The van der Waals surface area contributed by atoms with Crippen molar-refractivity contribution in [2.75, 3.05) is 66.6 Å². The second-order valence-corrected chi connectivity index (χ2v) is 11.0. The lowest BCUT2D eigenvalue weighted by Crippen LogP contribution is -2.44. The number of ketones is 1. The smallest absolute Gasteiger partial charge is 0.206 e. The van der Waals surface area contributed by atoms with Crippen LogP contribution in [0.15, 0.2) is 42.5 Å². The van der Waals surface area contributed by atoms with E-state index in [1.54, 1.807) is 18.2 Å². The van der Waals surface area contributed by atoms with Gasteiger partial charge < -0.3 is 31.3 Å². The zero-order chi connectivity index (χ0) is 27.2. The Labute approximate surface area is 227 Å². The van der Waals surface area contributed by atoms with Crippen LogP contribution in [-0.4, -0.2) is 71.9 Å². The number of benzene rings is 2. The number of aliphatic hydroxyl groups excluding tert-OH is 1. The summed E-state index contributed by atoms with van der Waals surface area (Å²) >= 11 is 1.18. The fourth-order valence-corrected chi connectivity index (χ4v) is 5.36. The minimum absolute atomic E-state index is 0.0461. The predicted octanol–water partition coefficient (Wildman–Crippen LogP) is 4.07. The van der Waals surface area contributed by atoms with E-state index in [2.05, 4.69) is 63.9 Å². The molecule has 0 aliphatic carbocycles. The summed E-state index contributed by atoms with van der Waals surface area (Å²) in [6.07, 6.45) is 0.758. The molecular formula is C27H37N7O3S. The molecule has 204 valence electrons. The van der Waals surface area contributed by atoms with E-state index in [1.165, 1.54) is 17.0 Å². The fourth-order valence-electron chi connectivity index (χ4n) is 4.49. The Hall–Kier alpha value is -3.38. The molecule has 1 aromatic heterocycles. The standard InChI is InChI=1S/C27H37N7O3S/c1-17(2)14-20(16-35)29-22-9-4-18(15-23(22)32-37)24(36)25-26(28)31-27(38-25)30-19-5-7-21(8-6-19)34-12-10-33(3)11-13-34/h4-9,15,17,20,29,32,35,37H,10-14,16,28H2,1-3H3,(H,30,31)/t20-/m1/s1. The highest BCUT2D eigenvalue weighted by Crippen LogP contribution is 2.32. The zero-order valence-corrected chi connectivity index (χ0v) is 22.9. The van der Waals surface area contributed by atoms with Gasteiger partial charge in [0.25, 0.3) is 0 Å². The summed E-state index contributed by atoms with van der Waals surface area (Å²) in [6.45, 7) is 8.20. The molecule has 0 saturated carbocycles. The van der Waals surface area contributed by atoms with Crippen molar-refractivity contribution in [2.45, 2.75) is 26.3 Å². The molecule has 10 nitrogen and oxygen atoms in total. The fraction of sp³-hybridized carbons (Fsp3) is 0.407. The van der Waals surface area contributed by atoms with Crippen molar-refractivity contribution in [3.63, 3.8) is 0 Å². The maximum Gasteiger partial charge on any atom is 0.206 e. The molecule has 1 aliphatic rings. The molecule has 2 heterocycles. The molecule has 7 N–H and O–H groups in total. The Morgan fingerprint density at radius 3 is 2.45 bits per heavy atom. The highest BCUT2D eigenvalue weighted by atomic mass is 32.1. The highest BCUT2D eigenvalue weighted by molar-refractivity contribution is 7.18. The third-order valence-corrected chi connectivity index (χ3v) is 7.57. The number of hydrogen-bond donors (Lipinski definition) is 6. The zero-order valence-electron chi connectivity index (χ0n) is 22.1. The van der Waals surface area contributed by atoms with Gasteiger partial charge in [-0.15, -0.1) is 0 Å². The van der Waals surface area contributed by atoms with Gasteiger partial charge in [-0.25, -0.2) is 4.98 Å². The number of anilines is 6. The molecule has 0 spiro atoms. The van der Waals surface area contributed by atoms with Crippen LogP contribution in [0.2, 0.25) is 0 Å². The highest BCUT2D eigenvalue weighted by Gasteiger charge is 2.21. The summed E-state index contributed by atoms with van der Waals surface area (Å²) in [4.78, 5) is 22.6. The van der Waals surface area contributed by atoms with Gasteiger partial charge in [0.15, 0.2) is 5.13 Å². The third-order valence-electron chi connectivity index (χ3n) is 6.58. The average molecular weight is 540 g/mol. The molecule has 2 aromatic carbocycles. The molecule has 11 heteroatoms. The summed E-state index contributed by atoms with van der Waals surface area (Å²) in [7, 11) is 2.14. The van der Waals surface area contributed by atoms with Gasteiger partial charge in [0, 0.05) is 49.2 Å². The van der Waals surface area contributed by atoms with Crippen LogP contribution in [0.1, 0.15) is 35.5 Å². The minimum Gasteiger partial charge on any atom is -0.394 e. The molecule has 3 aromatic rings. The number of nitrogens with two attached hydrogens (primary N) is 1. The monoisotopic (exact) mass is 539 g/mol. The molecule has 0 bridgehead atoms. The van der Waals surface area contributed by atoms with E-state index < -0.39 is 0 Å². The normalized spacial score (nSPS) is 14.9. The Morgan fingerprint density at radius 1 is 1.11 bits per heavy atom. The first-order valence-corrected chi connectivity index (χ1v) is 13.6. The van der Waals surface area contributed by atoms with E-state index in [1.807, 2.05) is 12.1 Å². The van der Waals surface area contributed by atoms with E-state index in [4.69, 9.17) is 5.73 Å². The van der Waals surface area contributed by atoms with E-state index in [-0.39, 0.29) is 24.2 Å². The van der Waals surface area contributed by atoms with Crippen LogP contribution in [0.3, 0.4) is 0 Å². The lowest BCUT2D eigenvalue weighted by atomic mass is 10.0. The summed E-state index contributed by atoms with van der Waals surface area (Å²) in [5.41, 5.74) is 11.6.